The molecule has 0 spiro atoms. The highest BCUT2D eigenvalue weighted by Gasteiger charge is 2.14. The molecule has 0 bridgehead atoms. The van der Waals surface area contributed by atoms with Crippen molar-refractivity contribution < 1.29 is 9.53 Å². The first-order chi connectivity index (χ1) is 12.1. The molecule has 0 unspecified atom stereocenters. The minimum Gasteiger partial charge on any atom is -0.497 e. The molecular weight excluding hydrogens is 360 g/mol. The maximum absolute atomic E-state index is 12.0. The normalized spacial score (nSPS) is 10.6. The first kappa shape index (κ1) is 17.2. The lowest BCUT2D eigenvalue weighted by Gasteiger charge is -2.05. The zero-order chi connectivity index (χ0) is 17.8. The van der Waals surface area contributed by atoms with Gasteiger partial charge in [-0.2, -0.15) is 0 Å². The maximum atomic E-state index is 12.0. The molecule has 0 aliphatic heterocycles. The van der Waals surface area contributed by atoms with Crippen LogP contribution in [0.4, 0.5) is 5.13 Å². The highest BCUT2D eigenvalue weighted by atomic mass is 32.2. The predicted molar refractivity (Wildman–Crippen MR) is 98.4 cm³/mol. The molecule has 3 aromatic rings. The van der Waals surface area contributed by atoms with Gasteiger partial charge >= 0.3 is 0 Å². The van der Waals surface area contributed by atoms with Gasteiger partial charge in [0.25, 0.3) is 0 Å². The van der Waals surface area contributed by atoms with Crippen molar-refractivity contribution in [3.05, 3.63) is 35.3 Å². The quantitative estimate of drug-likeness (QED) is 0.501. The van der Waals surface area contributed by atoms with Crippen LogP contribution in [0.15, 0.2) is 34.8 Å². The van der Waals surface area contributed by atoms with Gasteiger partial charge in [0.2, 0.25) is 11.1 Å². The van der Waals surface area contributed by atoms with Crippen molar-refractivity contribution in [2.75, 3.05) is 24.0 Å². The number of methoxy groups -OCH3 is 1. The van der Waals surface area contributed by atoms with Gasteiger partial charge in [-0.3, -0.25) is 4.79 Å². The summed E-state index contributed by atoms with van der Waals surface area (Å²) in [5, 5.41) is 13.8. The second-order valence-electron chi connectivity index (χ2n) is 5.04. The van der Waals surface area contributed by atoms with Gasteiger partial charge in [-0.25, -0.2) is 9.66 Å². The number of benzene rings is 1. The highest BCUT2D eigenvalue weighted by molar-refractivity contribution is 7.99. The summed E-state index contributed by atoms with van der Waals surface area (Å²) in [4.78, 5) is 16.2. The lowest BCUT2D eigenvalue weighted by Crippen LogP contribution is -2.16. The summed E-state index contributed by atoms with van der Waals surface area (Å²) in [7, 11) is 1.60. The number of carbonyl (C=O) groups is 1. The molecule has 0 fully saturated rings. The van der Waals surface area contributed by atoms with Crippen LogP contribution < -0.4 is 15.9 Å². The van der Waals surface area contributed by atoms with Crippen molar-refractivity contribution in [3.63, 3.8) is 0 Å². The fourth-order valence-electron chi connectivity index (χ4n) is 2.01. The molecule has 10 heteroatoms. The standard InChI is InChI=1S/C15H16N6O2S2/c1-9-7-24-14(17-9)18-12(22)8-25-15-20-19-13(21(15)16)10-3-5-11(23-2)6-4-10/h3-7H,8,16H2,1-2H3,(H,17,18,22). The molecule has 8 nitrogen and oxygen atoms in total. The zero-order valence-corrected chi connectivity index (χ0v) is 15.2. The second kappa shape index (κ2) is 7.53. The Labute approximate surface area is 152 Å². The molecular formula is C15H16N6O2S2. The third-order valence-electron chi connectivity index (χ3n) is 3.21. The Morgan fingerprint density at radius 3 is 2.76 bits per heavy atom. The molecule has 2 heterocycles. The van der Waals surface area contributed by atoms with Crippen LogP contribution in [-0.4, -0.2) is 38.6 Å². The molecule has 25 heavy (non-hydrogen) atoms. The summed E-state index contributed by atoms with van der Waals surface area (Å²) < 4.78 is 6.50. The third kappa shape index (κ3) is 4.09. The van der Waals surface area contributed by atoms with E-state index < -0.39 is 0 Å². The summed E-state index contributed by atoms with van der Waals surface area (Å²) in [5.74, 6) is 7.30. The molecule has 130 valence electrons. The van der Waals surface area contributed by atoms with Crippen LogP contribution in [0.3, 0.4) is 0 Å². The van der Waals surface area contributed by atoms with Gasteiger partial charge < -0.3 is 15.9 Å². The molecule has 1 aromatic carbocycles. The number of nitrogens with zero attached hydrogens (tertiary/aromatic N) is 4. The number of aromatic nitrogens is 4. The van der Waals surface area contributed by atoms with Gasteiger partial charge in [-0.15, -0.1) is 21.5 Å². The van der Waals surface area contributed by atoms with E-state index in [2.05, 4.69) is 20.5 Å². The number of thiazole rings is 1. The number of thioether (sulfide) groups is 1. The van der Waals surface area contributed by atoms with Gasteiger partial charge in [0.05, 0.1) is 18.6 Å². The number of aryl methyl sites for hydroxylation is 1. The molecule has 3 N–H and O–H groups in total. The van der Waals surface area contributed by atoms with E-state index in [4.69, 9.17) is 10.6 Å². The Balaban J connectivity index is 1.63. The molecule has 0 aliphatic carbocycles. The smallest absolute Gasteiger partial charge is 0.236 e. The number of nitrogens with one attached hydrogen (secondary N) is 1. The van der Waals surface area contributed by atoms with Gasteiger partial charge in [-0.05, 0) is 31.2 Å². The Bertz CT molecular complexity index is 875. The van der Waals surface area contributed by atoms with Gasteiger partial charge in [0.1, 0.15) is 5.75 Å². The largest absolute Gasteiger partial charge is 0.497 e. The number of rotatable bonds is 6. The third-order valence-corrected chi connectivity index (χ3v) is 5.03. The monoisotopic (exact) mass is 376 g/mol. The van der Waals surface area contributed by atoms with Crippen LogP contribution in [0.25, 0.3) is 11.4 Å². The number of anilines is 1. The topological polar surface area (TPSA) is 108 Å². The molecule has 3 rings (SSSR count). The van der Waals surface area contributed by atoms with Gasteiger partial charge in [0, 0.05) is 10.9 Å². The number of nitrogens with two attached hydrogens (primary N) is 1. The summed E-state index contributed by atoms with van der Waals surface area (Å²) in [5.41, 5.74) is 1.68. The molecule has 0 saturated carbocycles. The SMILES string of the molecule is COc1ccc(-c2nnc(SCC(=O)Nc3nc(C)cs3)n2N)cc1. The van der Waals surface area contributed by atoms with Crippen molar-refractivity contribution in [2.24, 2.45) is 0 Å². The highest BCUT2D eigenvalue weighted by Crippen LogP contribution is 2.24. The van der Waals surface area contributed by atoms with E-state index in [1.807, 2.05) is 36.6 Å². The van der Waals surface area contributed by atoms with E-state index >= 15 is 0 Å². The van der Waals surface area contributed by atoms with Crippen molar-refractivity contribution in [1.82, 2.24) is 19.9 Å². The number of ether oxygens (including phenoxy) is 1. The van der Waals surface area contributed by atoms with Crippen molar-refractivity contribution in [1.29, 1.82) is 0 Å². The van der Waals surface area contributed by atoms with Crippen LogP contribution >= 0.6 is 23.1 Å². The minimum atomic E-state index is -0.173. The Morgan fingerprint density at radius 1 is 1.36 bits per heavy atom. The molecule has 0 atom stereocenters. The van der Waals surface area contributed by atoms with Crippen molar-refractivity contribution in [2.45, 2.75) is 12.1 Å². The van der Waals surface area contributed by atoms with E-state index in [-0.39, 0.29) is 11.7 Å². The summed E-state index contributed by atoms with van der Waals surface area (Å²) in [6.45, 7) is 1.87. The van der Waals surface area contributed by atoms with Crippen molar-refractivity contribution in [3.8, 4) is 17.1 Å². The molecule has 0 aliphatic rings. The Hall–Kier alpha value is -2.59. The van der Waals surface area contributed by atoms with Crippen LogP contribution in [0.1, 0.15) is 5.69 Å². The first-order valence-corrected chi connectivity index (χ1v) is 9.13. The number of carbonyl (C=O) groups excluding carboxylic acids is 1. The minimum absolute atomic E-state index is 0.163. The average molecular weight is 376 g/mol. The molecule has 0 radical (unpaired) electrons. The fraction of sp³-hybridized carbons (Fsp3) is 0.200. The van der Waals surface area contributed by atoms with Crippen LogP contribution in [0.2, 0.25) is 0 Å². The summed E-state index contributed by atoms with van der Waals surface area (Å²) >= 11 is 2.60. The van der Waals surface area contributed by atoms with E-state index in [1.165, 1.54) is 27.8 Å². The molecule has 0 saturated heterocycles. The first-order valence-electron chi connectivity index (χ1n) is 7.26. The predicted octanol–water partition coefficient (Wildman–Crippen LogP) is 2.16. The second-order valence-corrected chi connectivity index (χ2v) is 6.84. The average Bonchev–Trinajstić information content (AvgIpc) is 3.19. The van der Waals surface area contributed by atoms with Crippen molar-refractivity contribution >= 4 is 34.1 Å². The van der Waals surface area contributed by atoms with E-state index in [9.17, 15) is 4.79 Å². The summed E-state index contributed by atoms with van der Waals surface area (Å²) in [6.07, 6.45) is 0. The van der Waals surface area contributed by atoms with Crippen LogP contribution in [0.5, 0.6) is 5.75 Å². The maximum Gasteiger partial charge on any atom is 0.236 e. The lowest BCUT2D eigenvalue weighted by molar-refractivity contribution is -0.113. The number of amides is 1. The Kier molecular flexibility index (Phi) is 5.19. The fourth-order valence-corrected chi connectivity index (χ4v) is 3.37. The van der Waals surface area contributed by atoms with E-state index in [1.54, 1.807) is 7.11 Å². The number of hydrogen-bond donors (Lipinski definition) is 2. The molecule has 1 amide bonds. The lowest BCUT2D eigenvalue weighted by atomic mass is 10.2. The van der Waals surface area contributed by atoms with E-state index in [0.717, 1.165) is 17.0 Å². The van der Waals surface area contributed by atoms with E-state index in [0.29, 0.717) is 16.1 Å². The number of hydrogen-bond acceptors (Lipinski definition) is 8. The van der Waals surface area contributed by atoms with Crippen LogP contribution in [-0.2, 0) is 4.79 Å². The Morgan fingerprint density at radius 2 is 2.12 bits per heavy atom. The van der Waals surface area contributed by atoms with Gasteiger partial charge in [0.15, 0.2) is 11.0 Å². The summed E-state index contributed by atoms with van der Waals surface area (Å²) in [6, 6.07) is 7.33. The van der Waals surface area contributed by atoms with Crippen LogP contribution in [0, 0.1) is 6.92 Å². The molecule has 2 aromatic heterocycles. The number of nitrogen functional groups attached to an aromatic ring is 1. The zero-order valence-electron chi connectivity index (χ0n) is 13.6. The van der Waals surface area contributed by atoms with Gasteiger partial charge in [-0.1, -0.05) is 11.8 Å².